The van der Waals surface area contributed by atoms with Gasteiger partial charge in [0.25, 0.3) is 0 Å². The van der Waals surface area contributed by atoms with Crippen molar-refractivity contribution in [2.45, 2.75) is 18.6 Å². The van der Waals surface area contributed by atoms with Crippen molar-refractivity contribution >= 4 is 24.8 Å². The summed E-state index contributed by atoms with van der Waals surface area (Å²) in [6.45, 7) is 2.15. The predicted octanol–water partition coefficient (Wildman–Crippen LogP) is 2.84. The van der Waals surface area contributed by atoms with Crippen LogP contribution < -0.4 is 5.32 Å². The minimum atomic E-state index is -4.34. The third-order valence-electron chi connectivity index (χ3n) is 3.39. The molecule has 0 saturated carbocycles. The third-order valence-corrected chi connectivity index (χ3v) is 3.39. The van der Waals surface area contributed by atoms with E-state index in [2.05, 4.69) is 5.32 Å². The number of rotatable bonds is 3. The molecule has 4 nitrogen and oxygen atoms in total. The normalized spacial score (nSPS) is 17.2. The van der Waals surface area contributed by atoms with Crippen LogP contribution in [0.5, 0.6) is 11.5 Å². The SMILES string of the molecule is Cl.Cl.Oc1ccc(O)c([C@@H](CC(F)(F)F)N2CCNCC2)c1. The van der Waals surface area contributed by atoms with Crippen LogP contribution in [-0.2, 0) is 0 Å². The number of halogens is 5. The van der Waals surface area contributed by atoms with Crippen molar-refractivity contribution < 1.29 is 23.4 Å². The smallest absolute Gasteiger partial charge is 0.390 e. The van der Waals surface area contributed by atoms with Crippen molar-refractivity contribution in [3.63, 3.8) is 0 Å². The van der Waals surface area contributed by atoms with Gasteiger partial charge in [0, 0.05) is 37.8 Å². The highest BCUT2D eigenvalue weighted by atomic mass is 35.5. The second-order valence-electron chi connectivity index (χ2n) is 4.86. The molecule has 1 aliphatic rings. The summed E-state index contributed by atoms with van der Waals surface area (Å²) in [5.74, 6) is -0.379. The van der Waals surface area contributed by atoms with Gasteiger partial charge >= 0.3 is 6.18 Å². The Morgan fingerprint density at radius 1 is 1.14 bits per heavy atom. The van der Waals surface area contributed by atoms with Gasteiger partial charge < -0.3 is 15.5 Å². The average Bonchev–Trinajstić information content (AvgIpc) is 2.39. The van der Waals surface area contributed by atoms with Crippen molar-refractivity contribution in [2.24, 2.45) is 0 Å². The largest absolute Gasteiger partial charge is 0.508 e. The first kappa shape index (κ1) is 21.1. The van der Waals surface area contributed by atoms with Crippen molar-refractivity contribution in [2.75, 3.05) is 26.2 Å². The lowest BCUT2D eigenvalue weighted by atomic mass is 9.99. The van der Waals surface area contributed by atoms with Gasteiger partial charge in [-0.3, -0.25) is 4.90 Å². The van der Waals surface area contributed by atoms with Gasteiger partial charge in [-0.1, -0.05) is 0 Å². The number of benzene rings is 1. The molecule has 0 radical (unpaired) electrons. The molecule has 1 atom stereocenters. The Hall–Kier alpha value is -0.890. The summed E-state index contributed by atoms with van der Waals surface area (Å²) in [5.41, 5.74) is 0.115. The van der Waals surface area contributed by atoms with Gasteiger partial charge in [0.05, 0.1) is 6.42 Å². The maximum atomic E-state index is 12.8. The predicted molar refractivity (Wildman–Crippen MR) is 82.1 cm³/mol. The van der Waals surface area contributed by atoms with E-state index >= 15 is 0 Å². The summed E-state index contributed by atoms with van der Waals surface area (Å²) in [5, 5.41) is 22.3. The molecule has 128 valence electrons. The van der Waals surface area contributed by atoms with Crippen LogP contribution >= 0.6 is 24.8 Å². The van der Waals surface area contributed by atoms with Gasteiger partial charge in [-0.05, 0) is 18.2 Å². The summed E-state index contributed by atoms with van der Waals surface area (Å²) >= 11 is 0. The molecule has 0 spiro atoms. The highest BCUT2D eigenvalue weighted by Gasteiger charge is 2.37. The van der Waals surface area contributed by atoms with E-state index in [4.69, 9.17) is 0 Å². The lowest BCUT2D eigenvalue weighted by molar-refractivity contribution is -0.148. The summed E-state index contributed by atoms with van der Waals surface area (Å²) in [7, 11) is 0. The number of phenolic OH excluding ortho intramolecular Hbond substituents is 2. The number of alkyl halides is 3. The van der Waals surface area contributed by atoms with E-state index in [0.717, 1.165) is 0 Å². The Balaban J connectivity index is 0.00000220. The molecule has 0 aliphatic carbocycles. The maximum absolute atomic E-state index is 12.8. The molecule has 1 aliphatic heterocycles. The molecule has 0 amide bonds. The molecule has 0 aromatic heterocycles. The van der Waals surface area contributed by atoms with Crippen molar-refractivity contribution in [3.05, 3.63) is 23.8 Å². The van der Waals surface area contributed by atoms with Crippen LogP contribution in [0.3, 0.4) is 0 Å². The minimum absolute atomic E-state index is 0. The number of hydrogen-bond donors (Lipinski definition) is 3. The summed E-state index contributed by atoms with van der Waals surface area (Å²) in [6, 6.07) is 2.69. The standard InChI is InChI=1S/C13H17F3N2O2.2ClH/c14-13(15,16)8-11(18-5-3-17-4-6-18)10-7-9(19)1-2-12(10)20;;/h1-2,7,11,17,19-20H,3-6,8H2;2*1H/t11-;;/m1../s1. The zero-order valence-corrected chi connectivity index (χ0v) is 13.3. The zero-order chi connectivity index (χ0) is 14.8. The van der Waals surface area contributed by atoms with Gasteiger partial charge in [-0.2, -0.15) is 13.2 Å². The topological polar surface area (TPSA) is 55.7 Å². The van der Waals surface area contributed by atoms with E-state index in [-0.39, 0.29) is 41.9 Å². The highest BCUT2D eigenvalue weighted by molar-refractivity contribution is 5.85. The van der Waals surface area contributed by atoms with Crippen LogP contribution in [0.25, 0.3) is 0 Å². The average molecular weight is 363 g/mol. The second kappa shape index (κ2) is 8.67. The molecule has 1 heterocycles. The fourth-order valence-corrected chi connectivity index (χ4v) is 2.46. The molecule has 9 heteroatoms. The molecule has 1 aromatic carbocycles. The molecular formula is C13H19Cl2F3N2O2. The van der Waals surface area contributed by atoms with Crippen LogP contribution in [0.4, 0.5) is 13.2 Å². The summed E-state index contributed by atoms with van der Waals surface area (Å²) in [4.78, 5) is 1.68. The Morgan fingerprint density at radius 2 is 1.73 bits per heavy atom. The number of nitrogens with one attached hydrogen (secondary N) is 1. The van der Waals surface area contributed by atoms with E-state index in [0.29, 0.717) is 26.2 Å². The first-order chi connectivity index (χ1) is 9.37. The third kappa shape index (κ3) is 5.72. The quantitative estimate of drug-likeness (QED) is 0.723. The first-order valence-corrected chi connectivity index (χ1v) is 6.40. The van der Waals surface area contributed by atoms with E-state index in [1.807, 2.05) is 0 Å². The Labute approximate surface area is 139 Å². The van der Waals surface area contributed by atoms with Crippen molar-refractivity contribution in [1.82, 2.24) is 10.2 Å². The number of piperazine rings is 1. The van der Waals surface area contributed by atoms with E-state index in [1.165, 1.54) is 18.2 Å². The summed E-state index contributed by atoms with van der Waals surface area (Å²) in [6.07, 6.45) is -5.39. The van der Waals surface area contributed by atoms with Crippen LogP contribution in [0, 0.1) is 0 Å². The molecule has 1 saturated heterocycles. The van der Waals surface area contributed by atoms with Crippen LogP contribution in [0.2, 0.25) is 0 Å². The fraction of sp³-hybridized carbons (Fsp3) is 0.538. The fourth-order valence-electron chi connectivity index (χ4n) is 2.46. The van der Waals surface area contributed by atoms with Crippen LogP contribution in [0.15, 0.2) is 18.2 Å². The number of nitrogens with zero attached hydrogens (tertiary/aromatic N) is 1. The Kier molecular flexibility index (Phi) is 8.32. The van der Waals surface area contributed by atoms with Crippen molar-refractivity contribution in [1.29, 1.82) is 0 Å². The van der Waals surface area contributed by atoms with Crippen LogP contribution in [-0.4, -0.2) is 47.5 Å². The number of aromatic hydroxyl groups is 2. The van der Waals surface area contributed by atoms with Gasteiger partial charge in [0.15, 0.2) is 0 Å². The second-order valence-corrected chi connectivity index (χ2v) is 4.86. The lowest BCUT2D eigenvalue weighted by Crippen LogP contribution is -2.46. The van der Waals surface area contributed by atoms with Gasteiger partial charge in [-0.15, -0.1) is 24.8 Å². The molecule has 1 aromatic rings. The van der Waals surface area contributed by atoms with E-state index in [9.17, 15) is 23.4 Å². The van der Waals surface area contributed by atoms with Gasteiger partial charge in [0.1, 0.15) is 11.5 Å². The van der Waals surface area contributed by atoms with E-state index in [1.54, 1.807) is 4.90 Å². The van der Waals surface area contributed by atoms with Gasteiger partial charge in [-0.25, -0.2) is 0 Å². The molecule has 1 fully saturated rings. The molecule has 0 bridgehead atoms. The Bertz CT molecular complexity index is 469. The lowest BCUT2D eigenvalue weighted by Gasteiger charge is -2.35. The molecular weight excluding hydrogens is 344 g/mol. The van der Waals surface area contributed by atoms with Gasteiger partial charge in [0.2, 0.25) is 0 Å². The number of phenols is 2. The van der Waals surface area contributed by atoms with Crippen LogP contribution in [0.1, 0.15) is 18.0 Å². The highest BCUT2D eigenvalue weighted by Crippen LogP contribution is 2.38. The minimum Gasteiger partial charge on any atom is -0.508 e. The van der Waals surface area contributed by atoms with E-state index < -0.39 is 18.6 Å². The monoisotopic (exact) mass is 362 g/mol. The first-order valence-electron chi connectivity index (χ1n) is 6.40. The zero-order valence-electron chi connectivity index (χ0n) is 11.6. The molecule has 3 N–H and O–H groups in total. The molecule has 2 rings (SSSR count). The van der Waals surface area contributed by atoms with Crippen molar-refractivity contribution in [3.8, 4) is 11.5 Å². The number of hydrogen-bond acceptors (Lipinski definition) is 4. The summed E-state index contributed by atoms with van der Waals surface area (Å²) < 4.78 is 38.4. The maximum Gasteiger partial charge on any atom is 0.390 e. The molecule has 22 heavy (non-hydrogen) atoms. The Morgan fingerprint density at radius 3 is 2.27 bits per heavy atom. The molecule has 0 unspecified atom stereocenters.